The Morgan fingerprint density at radius 2 is 2.00 bits per heavy atom. The molecule has 3 nitrogen and oxygen atoms in total. The van der Waals surface area contributed by atoms with Crippen LogP contribution < -0.4 is 10.2 Å². The fourth-order valence-electron chi connectivity index (χ4n) is 2.65. The number of thiazole rings is 1. The highest BCUT2D eigenvalue weighted by Gasteiger charge is 2.20. The van der Waals surface area contributed by atoms with Crippen LogP contribution in [0.2, 0.25) is 0 Å². The van der Waals surface area contributed by atoms with Gasteiger partial charge in [0.05, 0.1) is 5.69 Å². The summed E-state index contributed by atoms with van der Waals surface area (Å²) in [5.74, 6) is 0.572. The molecule has 2 heterocycles. The first-order valence-electron chi connectivity index (χ1n) is 8.21. The number of anilines is 1. The molecule has 1 atom stereocenters. The average Bonchev–Trinajstić information content (AvgIpc) is 2.92. The lowest BCUT2D eigenvalue weighted by atomic mass is 10.0. The number of rotatable bonds is 7. The predicted octanol–water partition coefficient (Wildman–Crippen LogP) is 4.15. The van der Waals surface area contributed by atoms with Crippen LogP contribution in [0, 0.1) is 0 Å². The molecule has 2 rings (SSSR count). The molecule has 0 radical (unpaired) electrons. The van der Waals surface area contributed by atoms with E-state index in [1.165, 1.54) is 60.9 Å². The first kappa shape index (κ1) is 15.8. The molecule has 0 aliphatic carbocycles. The Balaban J connectivity index is 2.12. The van der Waals surface area contributed by atoms with Gasteiger partial charge in [0.1, 0.15) is 0 Å². The summed E-state index contributed by atoms with van der Waals surface area (Å²) in [4.78, 5) is 8.93. The maximum atomic E-state index is 4.99. The Hall–Kier alpha value is -0.610. The Labute approximate surface area is 127 Å². The lowest BCUT2D eigenvalue weighted by Gasteiger charge is -2.25. The van der Waals surface area contributed by atoms with Gasteiger partial charge in [0, 0.05) is 24.5 Å². The predicted molar refractivity (Wildman–Crippen MR) is 88.9 cm³/mol. The molecule has 0 spiro atoms. The van der Waals surface area contributed by atoms with Crippen LogP contribution >= 0.6 is 11.3 Å². The molecule has 0 aromatic carbocycles. The third kappa shape index (κ3) is 3.95. The molecule has 1 unspecified atom stereocenters. The summed E-state index contributed by atoms with van der Waals surface area (Å²) in [7, 11) is 0. The minimum absolute atomic E-state index is 0.572. The van der Waals surface area contributed by atoms with Crippen molar-refractivity contribution in [1.82, 2.24) is 10.3 Å². The molecule has 1 aromatic rings. The number of piperidine rings is 1. The molecule has 1 aliphatic rings. The Morgan fingerprint density at radius 3 is 2.65 bits per heavy atom. The van der Waals surface area contributed by atoms with Crippen molar-refractivity contribution in [3.05, 3.63) is 10.6 Å². The molecule has 0 amide bonds. The van der Waals surface area contributed by atoms with E-state index in [9.17, 15) is 0 Å². The quantitative estimate of drug-likeness (QED) is 0.766. The Kier molecular flexibility index (Phi) is 6.30. The monoisotopic (exact) mass is 295 g/mol. The summed E-state index contributed by atoms with van der Waals surface area (Å²) in [6.07, 6.45) is 6.38. The third-order valence-electron chi connectivity index (χ3n) is 4.13. The highest BCUT2D eigenvalue weighted by molar-refractivity contribution is 7.15. The molecule has 1 N–H and O–H groups in total. The molecule has 1 fully saturated rings. The summed E-state index contributed by atoms with van der Waals surface area (Å²) in [6.45, 7) is 11.2. The SMILES string of the molecule is CCCNCc1sc(N2CCCCC2)nc1C(C)CC. The second kappa shape index (κ2) is 7.99. The van der Waals surface area contributed by atoms with E-state index in [4.69, 9.17) is 4.98 Å². The number of nitrogens with zero attached hydrogens (tertiary/aromatic N) is 2. The van der Waals surface area contributed by atoms with Crippen LogP contribution in [-0.2, 0) is 6.54 Å². The van der Waals surface area contributed by atoms with Gasteiger partial charge in [-0.3, -0.25) is 0 Å². The number of nitrogens with one attached hydrogen (secondary N) is 1. The lowest BCUT2D eigenvalue weighted by molar-refractivity contribution is 0.575. The number of hydrogen-bond donors (Lipinski definition) is 1. The lowest BCUT2D eigenvalue weighted by Crippen LogP contribution is -2.29. The van der Waals surface area contributed by atoms with Crippen LogP contribution in [-0.4, -0.2) is 24.6 Å². The maximum absolute atomic E-state index is 4.99. The van der Waals surface area contributed by atoms with Crippen molar-refractivity contribution in [2.45, 2.75) is 65.3 Å². The van der Waals surface area contributed by atoms with Crippen LogP contribution in [0.25, 0.3) is 0 Å². The molecule has 1 aliphatic heterocycles. The zero-order valence-corrected chi connectivity index (χ0v) is 14.1. The minimum Gasteiger partial charge on any atom is -0.348 e. The smallest absolute Gasteiger partial charge is 0.185 e. The summed E-state index contributed by atoms with van der Waals surface area (Å²) in [5.41, 5.74) is 1.33. The molecular formula is C16H29N3S. The fraction of sp³-hybridized carbons (Fsp3) is 0.812. The number of hydrogen-bond acceptors (Lipinski definition) is 4. The van der Waals surface area contributed by atoms with Gasteiger partial charge in [-0.05, 0) is 44.6 Å². The van der Waals surface area contributed by atoms with E-state index in [2.05, 4.69) is 31.0 Å². The van der Waals surface area contributed by atoms with Gasteiger partial charge in [-0.25, -0.2) is 4.98 Å². The summed E-state index contributed by atoms with van der Waals surface area (Å²) < 4.78 is 0. The van der Waals surface area contributed by atoms with Gasteiger partial charge >= 0.3 is 0 Å². The van der Waals surface area contributed by atoms with E-state index in [0.717, 1.165) is 13.1 Å². The molecule has 1 aromatic heterocycles. The van der Waals surface area contributed by atoms with Gasteiger partial charge in [0.25, 0.3) is 0 Å². The van der Waals surface area contributed by atoms with Gasteiger partial charge in [0.15, 0.2) is 5.13 Å². The highest BCUT2D eigenvalue weighted by atomic mass is 32.1. The van der Waals surface area contributed by atoms with Gasteiger partial charge in [-0.2, -0.15) is 0 Å². The van der Waals surface area contributed by atoms with E-state index in [0.29, 0.717) is 5.92 Å². The van der Waals surface area contributed by atoms with E-state index >= 15 is 0 Å². The third-order valence-corrected chi connectivity index (χ3v) is 5.27. The van der Waals surface area contributed by atoms with Crippen LogP contribution in [0.5, 0.6) is 0 Å². The molecule has 0 bridgehead atoms. The van der Waals surface area contributed by atoms with E-state index in [-0.39, 0.29) is 0 Å². The second-order valence-electron chi connectivity index (χ2n) is 5.84. The van der Waals surface area contributed by atoms with Crippen LogP contribution in [0.4, 0.5) is 5.13 Å². The maximum Gasteiger partial charge on any atom is 0.185 e. The van der Waals surface area contributed by atoms with Gasteiger partial charge < -0.3 is 10.2 Å². The average molecular weight is 295 g/mol. The van der Waals surface area contributed by atoms with Gasteiger partial charge in [-0.15, -0.1) is 11.3 Å². The minimum atomic E-state index is 0.572. The summed E-state index contributed by atoms with van der Waals surface area (Å²) >= 11 is 1.91. The van der Waals surface area contributed by atoms with Crippen molar-refractivity contribution < 1.29 is 0 Å². The molecular weight excluding hydrogens is 266 g/mol. The Morgan fingerprint density at radius 1 is 1.25 bits per heavy atom. The van der Waals surface area contributed by atoms with E-state index in [1.807, 2.05) is 11.3 Å². The van der Waals surface area contributed by atoms with E-state index in [1.54, 1.807) is 0 Å². The fourth-order valence-corrected chi connectivity index (χ4v) is 3.86. The summed E-state index contributed by atoms with van der Waals surface area (Å²) in [6, 6.07) is 0. The second-order valence-corrected chi connectivity index (χ2v) is 6.90. The summed E-state index contributed by atoms with van der Waals surface area (Å²) in [5, 5.41) is 4.80. The van der Waals surface area contributed by atoms with Crippen LogP contribution in [0.3, 0.4) is 0 Å². The largest absolute Gasteiger partial charge is 0.348 e. The molecule has 4 heteroatoms. The highest BCUT2D eigenvalue weighted by Crippen LogP contribution is 2.33. The molecule has 1 saturated heterocycles. The number of aromatic nitrogens is 1. The zero-order chi connectivity index (χ0) is 14.4. The van der Waals surface area contributed by atoms with Gasteiger partial charge in [0.2, 0.25) is 0 Å². The Bertz CT molecular complexity index is 396. The first-order valence-corrected chi connectivity index (χ1v) is 9.03. The topological polar surface area (TPSA) is 28.2 Å². The van der Waals surface area contributed by atoms with Crippen molar-refractivity contribution in [2.75, 3.05) is 24.5 Å². The van der Waals surface area contributed by atoms with E-state index < -0.39 is 0 Å². The van der Waals surface area contributed by atoms with Crippen LogP contribution in [0.15, 0.2) is 0 Å². The molecule has 114 valence electrons. The van der Waals surface area contributed by atoms with Crippen molar-refractivity contribution in [3.63, 3.8) is 0 Å². The molecule has 20 heavy (non-hydrogen) atoms. The zero-order valence-electron chi connectivity index (χ0n) is 13.2. The van der Waals surface area contributed by atoms with Crippen molar-refractivity contribution in [3.8, 4) is 0 Å². The normalized spacial score (nSPS) is 17.4. The van der Waals surface area contributed by atoms with Crippen LogP contribution in [0.1, 0.15) is 69.4 Å². The van der Waals surface area contributed by atoms with Crippen molar-refractivity contribution in [1.29, 1.82) is 0 Å². The van der Waals surface area contributed by atoms with Gasteiger partial charge in [-0.1, -0.05) is 20.8 Å². The van der Waals surface area contributed by atoms with Crippen molar-refractivity contribution >= 4 is 16.5 Å². The standard InChI is InChI=1S/C16H29N3S/c1-4-9-17-12-14-15(13(3)5-2)18-16(20-14)19-10-7-6-8-11-19/h13,17H,4-12H2,1-3H3. The van der Waals surface area contributed by atoms with Crippen molar-refractivity contribution in [2.24, 2.45) is 0 Å². The molecule has 0 saturated carbocycles. The first-order chi connectivity index (χ1) is 9.76.